The monoisotopic (exact) mass is 410 g/mol. The number of aromatic nitrogens is 4. The third kappa shape index (κ3) is 4.18. The molecular formula is C22H30N6O2. The van der Waals surface area contributed by atoms with Gasteiger partial charge in [0.15, 0.2) is 5.65 Å². The molecule has 0 radical (unpaired) electrons. The molecule has 0 aliphatic carbocycles. The number of ether oxygens (including phenoxy) is 2. The van der Waals surface area contributed by atoms with Crippen LogP contribution in [0.5, 0.6) is 11.8 Å². The lowest BCUT2D eigenvalue weighted by molar-refractivity contribution is 0.149. The number of para-hydroxylation sites is 1. The number of hydrogen-bond acceptors (Lipinski definition) is 7. The summed E-state index contributed by atoms with van der Waals surface area (Å²) in [5.74, 6) is 1.73. The Kier molecular flexibility index (Phi) is 6.03. The Morgan fingerprint density at radius 3 is 2.60 bits per heavy atom. The number of anilines is 1. The van der Waals surface area contributed by atoms with Gasteiger partial charge in [-0.25, -0.2) is 0 Å². The van der Waals surface area contributed by atoms with Gasteiger partial charge in [-0.2, -0.15) is 19.6 Å². The highest BCUT2D eigenvalue weighted by Crippen LogP contribution is 2.29. The molecule has 30 heavy (non-hydrogen) atoms. The molecule has 1 unspecified atom stereocenters. The van der Waals surface area contributed by atoms with E-state index in [1.54, 1.807) is 11.6 Å². The number of fused-ring (bicyclic) bond motifs is 1. The molecule has 0 saturated carbocycles. The average molecular weight is 411 g/mol. The highest BCUT2D eigenvalue weighted by Gasteiger charge is 2.21. The van der Waals surface area contributed by atoms with Crippen molar-refractivity contribution < 1.29 is 9.47 Å². The van der Waals surface area contributed by atoms with Crippen LogP contribution in [0.2, 0.25) is 0 Å². The Hall–Kier alpha value is -2.87. The van der Waals surface area contributed by atoms with Crippen LogP contribution in [0.15, 0.2) is 30.5 Å². The van der Waals surface area contributed by atoms with Crippen molar-refractivity contribution in [3.8, 4) is 11.8 Å². The summed E-state index contributed by atoms with van der Waals surface area (Å²) in [4.78, 5) is 9.39. The molecule has 1 saturated heterocycles. The van der Waals surface area contributed by atoms with Crippen molar-refractivity contribution in [2.45, 2.75) is 51.7 Å². The van der Waals surface area contributed by atoms with Crippen molar-refractivity contribution in [3.05, 3.63) is 41.6 Å². The van der Waals surface area contributed by atoms with Crippen LogP contribution in [-0.2, 0) is 0 Å². The van der Waals surface area contributed by atoms with E-state index in [9.17, 15) is 0 Å². The average Bonchev–Trinajstić information content (AvgIpc) is 3.19. The maximum atomic E-state index is 6.17. The number of methoxy groups -OCH3 is 1. The lowest BCUT2D eigenvalue weighted by atomic mass is 10.1. The lowest BCUT2D eigenvalue weighted by Gasteiger charge is -2.23. The largest absolute Gasteiger partial charge is 0.496 e. The summed E-state index contributed by atoms with van der Waals surface area (Å²) < 4.78 is 13.5. The lowest BCUT2D eigenvalue weighted by Crippen LogP contribution is -2.34. The van der Waals surface area contributed by atoms with Crippen molar-refractivity contribution in [2.75, 3.05) is 25.5 Å². The SMILES string of the molecule is COc1ccccc1C(C)Nc1nc(OC2CCNCC2)nc2c(C(C)C)cnn12. The van der Waals surface area contributed by atoms with Gasteiger partial charge in [-0.15, -0.1) is 0 Å². The van der Waals surface area contributed by atoms with Crippen LogP contribution >= 0.6 is 0 Å². The molecule has 1 fully saturated rings. The molecule has 160 valence electrons. The van der Waals surface area contributed by atoms with Crippen LogP contribution in [0.4, 0.5) is 5.95 Å². The number of nitrogens with zero attached hydrogens (tertiary/aromatic N) is 4. The predicted octanol–water partition coefficient (Wildman–Crippen LogP) is 3.56. The number of hydrogen-bond donors (Lipinski definition) is 2. The fraction of sp³-hybridized carbons (Fsp3) is 0.500. The molecule has 0 spiro atoms. The molecular weight excluding hydrogens is 380 g/mol. The highest BCUT2D eigenvalue weighted by atomic mass is 16.5. The molecule has 2 aromatic heterocycles. The molecule has 4 rings (SSSR count). The van der Waals surface area contributed by atoms with E-state index in [1.807, 2.05) is 30.5 Å². The van der Waals surface area contributed by atoms with Crippen LogP contribution in [0.1, 0.15) is 56.7 Å². The Bertz CT molecular complexity index is 996. The second-order valence-corrected chi connectivity index (χ2v) is 7.99. The molecule has 0 bridgehead atoms. The zero-order valence-electron chi connectivity index (χ0n) is 18.1. The molecule has 0 amide bonds. The Morgan fingerprint density at radius 1 is 1.10 bits per heavy atom. The molecule has 1 aromatic carbocycles. The van der Waals surface area contributed by atoms with Crippen molar-refractivity contribution >= 4 is 11.6 Å². The second kappa shape index (κ2) is 8.87. The van der Waals surface area contributed by atoms with Crippen molar-refractivity contribution in [1.82, 2.24) is 24.9 Å². The first-order valence-electron chi connectivity index (χ1n) is 10.6. The quantitative estimate of drug-likeness (QED) is 0.616. The van der Waals surface area contributed by atoms with Crippen LogP contribution in [0.25, 0.3) is 5.65 Å². The van der Waals surface area contributed by atoms with E-state index in [4.69, 9.17) is 14.5 Å². The number of rotatable bonds is 7. The van der Waals surface area contributed by atoms with E-state index in [2.05, 4.69) is 41.5 Å². The Labute approximate surface area is 177 Å². The maximum Gasteiger partial charge on any atom is 0.322 e. The first kappa shape index (κ1) is 20.4. The summed E-state index contributed by atoms with van der Waals surface area (Å²) in [5.41, 5.74) is 2.89. The molecule has 2 N–H and O–H groups in total. The molecule has 8 heteroatoms. The van der Waals surface area contributed by atoms with Gasteiger partial charge < -0.3 is 20.1 Å². The van der Waals surface area contributed by atoms with E-state index in [0.717, 1.165) is 48.5 Å². The smallest absolute Gasteiger partial charge is 0.322 e. The number of piperidine rings is 1. The summed E-state index contributed by atoms with van der Waals surface area (Å²) >= 11 is 0. The van der Waals surface area contributed by atoms with E-state index in [1.165, 1.54) is 0 Å². The molecule has 3 heterocycles. The fourth-order valence-corrected chi connectivity index (χ4v) is 3.79. The fourth-order valence-electron chi connectivity index (χ4n) is 3.79. The van der Waals surface area contributed by atoms with Gasteiger partial charge in [0.2, 0.25) is 5.95 Å². The standard InChI is InChI=1S/C22H30N6O2/c1-14(2)18-13-24-28-20(18)26-22(30-16-9-11-23-12-10-16)27-21(28)25-15(3)17-7-5-6-8-19(17)29-4/h5-8,13-16,23H,9-12H2,1-4H3,(H,25,26,27). The van der Waals surface area contributed by atoms with Gasteiger partial charge in [0.05, 0.1) is 19.3 Å². The molecule has 8 nitrogen and oxygen atoms in total. The summed E-state index contributed by atoms with van der Waals surface area (Å²) in [7, 11) is 1.68. The minimum Gasteiger partial charge on any atom is -0.496 e. The van der Waals surface area contributed by atoms with Crippen LogP contribution in [0.3, 0.4) is 0 Å². The van der Waals surface area contributed by atoms with E-state index in [0.29, 0.717) is 17.9 Å². The Balaban J connectivity index is 1.69. The van der Waals surface area contributed by atoms with Crippen molar-refractivity contribution in [3.63, 3.8) is 0 Å². The summed E-state index contributed by atoms with van der Waals surface area (Å²) in [5, 5.41) is 11.4. The number of benzene rings is 1. The van der Waals surface area contributed by atoms with Gasteiger partial charge in [0, 0.05) is 11.1 Å². The molecule has 1 atom stereocenters. The molecule has 3 aromatic rings. The first-order valence-corrected chi connectivity index (χ1v) is 10.6. The van der Waals surface area contributed by atoms with Crippen molar-refractivity contribution in [1.29, 1.82) is 0 Å². The Morgan fingerprint density at radius 2 is 1.87 bits per heavy atom. The van der Waals surface area contributed by atoms with Gasteiger partial charge in [0.1, 0.15) is 11.9 Å². The molecule has 1 aliphatic heterocycles. The zero-order valence-corrected chi connectivity index (χ0v) is 18.1. The van der Waals surface area contributed by atoms with Gasteiger partial charge in [-0.3, -0.25) is 0 Å². The van der Waals surface area contributed by atoms with Gasteiger partial charge in [-0.1, -0.05) is 32.0 Å². The molecule has 1 aliphatic rings. The van der Waals surface area contributed by atoms with Crippen molar-refractivity contribution in [2.24, 2.45) is 0 Å². The highest BCUT2D eigenvalue weighted by molar-refractivity contribution is 5.53. The van der Waals surface area contributed by atoms with E-state index < -0.39 is 0 Å². The van der Waals surface area contributed by atoms with E-state index in [-0.39, 0.29) is 12.1 Å². The summed E-state index contributed by atoms with van der Waals surface area (Å²) in [6, 6.07) is 8.32. The topological polar surface area (TPSA) is 85.6 Å². The van der Waals surface area contributed by atoms with E-state index >= 15 is 0 Å². The zero-order chi connectivity index (χ0) is 21.1. The van der Waals surface area contributed by atoms with Gasteiger partial charge in [0.25, 0.3) is 0 Å². The minimum atomic E-state index is -0.0438. The first-order chi connectivity index (χ1) is 14.6. The van der Waals surface area contributed by atoms with Crippen LogP contribution < -0.4 is 20.1 Å². The number of nitrogens with one attached hydrogen (secondary N) is 2. The summed E-state index contributed by atoms with van der Waals surface area (Å²) in [6.07, 6.45) is 3.89. The van der Waals surface area contributed by atoms with Gasteiger partial charge in [-0.05, 0) is 44.8 Å². The van der Waals surface area contributed by atoms with Crippen LogP contribution in [-0.4, -0.2) is 45.9 Å². The third-order valence-electron chi connectivity index (χ3n) is 5.51. The van der Waals surface area contributed by atoms with Gasteiger partial charge >= 0.3 is 6.01 Å². The summed E-state index contributed by atoms with van der Waals surface area (Å²) in [6.45, 7) is 8.25. The normalized spacial score (nSPS) is 16.0. The third-order valence-corrected chi connectivity index (χ3v) is 5.51. The van der Waals surface area contributed by atoms with Crippen LogP contribution in [0, 0.1) is 0 Å². The minimum absolute atomic E-state index is 0.0438. The maximum absolute atomic E-state index is 6.17. The second-order valence-electron chi connectivity index (χ2n) is 7.99. The predicted molar refractivity (Wildman–Crippen MR) is 116 cm³/mol.